The fourth-order valence-electron chi connectivity index (χ4n) is 3.71. The molecule has 0 unspecified atom stereocenters. The second-order valence-electron chi connectivity index (χ2n) is 7.88. The number of nitrogens with zero attached hydrogens (tertiary/aromatic N) is 3. The first kappa shape index (κ1) is 19.8. The molecule has 0 spiro atoms. The third-order valence-electron chi connectivity index (χ3n) is 5.66. The van der Waals surface area contributed by atoms with Gasteiger partial charge in [-0.3, -0.25) is 19.4 Å². The van der Waals surface area contributed by atoms with Gasteiger partial charge in [-0.2, -0.15) is 0 Å². The number of amides is 2. The van der Waals surface area contributed by atoms with Gasteiger partial charge in [0.05, 0.1) is 13.1 Å². The van der Waals surface area contributed by atoms with E-state index in [9.17, 15) is 9.59 Å². The first-order valence-electron chi connectivity index (χ1n) is 10.1. The Labute approximate surface area is 162 Å². The molecule has 0 aromatic heterocycles. The predicted octanol–water partition coefficient (Wildman–Crippen LogP) is 1.18. The van der Waals surface area contributed by atoms with Gasteiger partial charge < -0.3 is 10.2 Å². The number of carbonyl (C=O) groups excluding carboxylic acids is 2. The van der Waals surface area contributed by atoms with Crippen LogP contribution in [0.15, 0.2) is 30.3 Å². The highest BCUT2D eigenvalue weighted by molar-refractivity contribution is 5.78. The number of likely N-dealkylation sites (tertiary alicyclic amines) is 1. The minimum absolute atomic E-state index is 0.0609. The minimum atomic E-state index is 0.0609. The molecule has 2 aliphatic rings. The van der Waals surface area contributed by atoms with Crippen LogP contribution in [0.25, 0.3) is 0 Å². The molecule has 6 nitrogen and oxygen atoms in total. The van der Waals surface area contributed by atoms with E-state index in [1.165, 1.54) is 0 Å². The van der Waals surface area contributed by atoms with E-state index in [1.807, 2.05) is 35.2 Å². The van der Waals surface area contributed by atoms with Crippen LogP contribution in [0.2, 0.25) is 0 Å². The number of hydrogen-bond donors (Lipinski definition) is 1. The first-order valence-corrected chi connectivity index (χ1v) is 10.1. The van der Waals surface area contributed by atoms with Crippen molar-refractivity contribution in [2.24, 2.45) is 5.92 Å². The Kier molecular flexibility index (Phi) is 7.24. The van der Waals surface area contributed by atoms with Crippen molar-refractivity contribution in [2.45, 2.75) is 26.3 Å². The molecule has 2 aliphatic heterocycles. The smallest absolute Gasteiger partial charge is 0.236 e. The van der Waals surface area contributed by atoms with E-state index in [4.69, 9.17) is 0 Å². The van der Waals surface area contributed by atoms with Crippen LogP contribution in [-0.4, -0.2) is 78.9 Å². The Morgan fingerprint density at radius 3 is 2.15 bits per heavy atom. The number of piperidine rings is 1. The third kappa shape index (κ3) is 6.33. The van der Waals surface area contributed by atoms with Crippen LogP contribution in [-0.2, 0) is 16.1 Å². The van der Waals surface area contributed by atoms with Crippen molar-refractivity contribution in [1.29, 1.82) is 0 Å². The summed E-state index contributed by atoms with van der Waals surface area (Å²) in [4.78, 5) is 31.0. The molecule has 2 heterocycles. The summed E-state index contributed by atoms with van der Waals surface area (Å²) in [5.74, 6) is 1.06. The second-order valence-corrected chi connectivity index (χ2v) is 7.88. The van der Waals surface area contributed by atoms with Crippen molar-refractivity contribution >= 4 is 11.8 Å². The van der Waals surface area contributed by atoms with Crippen molar-refractivity contribution in [3.05, 3.63) is 35.9 Å². The average Bonchev–Trinajstić information content (AvgIpc) is 2.69. The normalized spacial score (nSPS) is 19.8. The average molecular weight is 373 g/mol. The molecule has 2 fully saturated rings. The van der Waals surface area contributed by atoms with Gasteiger partial charge in [0.1, 0.15) is 0 Å². The summed E-state index contributed by atoms with van der Waals surface area (Å²) >= 11 is 0. The molecule has 2 saturated heterocycles. The molecule has 0 radical (unpaired) electrons. The molecular weight excluding hydrogens is 340 g/mol. The van der Waals surface area contributed by atoms with Crippen molar-refractivity contribution in [3.63, 3.8) is 0 Å². The Morgan fingerprint density at radius 2 is 1.52 bits per heavy atom. The monoisotopic (exact) mass is 372 g/mol. The van der Waals surface area contributed by atoms with Crippen LogP contribution >= 0.6 is 0 Å². The van der Waals surface area contributed by atoms with Crippen LogP contribution in [0.3, 0.4) is 0 Å². The highest BCUT2D eigenvalue weighted by Gasteiger charge is 2.24. The van der Waals surface area contributed by atoms with Crippen LogP contribution in [0.1, 0.15) is 25.3 Å². The molecule has 0 atom stereocenters. The molecule has 1 aromatic rings. The lowest BCUT2D eigenvalue weighted by Crippen LogP contribution is -2.52. The Balaban J connectivity index is 1.32. The summed E-state index contributed by atoms with van der Waals surface area (Å²) in [5.41, 5.74) is 1.11. The standard InChI is InChI=1S/C21H32N4O2/c1-18-7-9-25(10-8-18)21(27)17-24-13-11-23(12-14-24)16-20(26)22-15-19-5-3-2-4-6-19/h2-6,18H,7-17H2,1H3,(H,22,26). The maximum absolute atomic E-state index is 12.5. The topological polar surface area (TPSA) is 55.9 Å². The Bertz CT molecular complexity index is 606. The SMILES string of the molecule is CC1CCN(C(=O)CN2CCN(CC(=O)NCc3ccccc3)CC2)CC1. The molecule has 3 rings (SSSR count). The summed E-state index contributed by atoms with van der Waals surface area (Å²) in [7, 11) is 0. The predicted molar refractivity (Wildman–Crippen MR) is 106 cm³/mol. The number of benzene rings is 1. The maximum atomic E-state index is 12.5. The number of piperazine rings is 1. The number of carbonyl (C=O) groups is 2. The Morgan fingerprint density at radius 1 is 0.926 bits per heavy atom. The summed E-state index contributed by atoms with van der Waals surface area (Å²) in [6, 6.07) is 9.96. The van der Waals surface area contributed by atoms with E-state index in [0.29, 0.717) is 19.6 Å². The van der Waals surface area contributed by atoms with Gasteiger partial charge in [-0.05, 0) is 24.3 Å². The lowest BCUT2D eigenvalue weighted by Gasteiger charge is -2.36. The van der Waals surface area contributed by atoms with E-state index in [-0.39, 0.29) is 11.8 Å². The zero-order chi connectivity index (χ0) is 19.1. The third-order valence-corrected chi connectivity index (χ3v) is 5.66. The molecule has 27 heavy (non-hydrogen) atoms. The number of hydrogen-bond acceptors (Lipinski definition) is 4. The van der Waals surface area contributed by atoms with Gasteiger partial charge in [0.15, 0.2) is 0 Å². The summed E-state index contributed by atoms with van der Waals surface area (Å²) < 4.78 is 0. The molecule has 148 valence electrons. The molecule has 1 N–H and O–H groups in total. The fourth-order valence-corrected chi connectivity index (χ4v) is 3.71. The van der Waals surface area contributed by atoms with Gasteiger partial charge in [-0.1, -0.05) is 37.3 Å². The zero-order valence-corrected chi connectivity index (χ0v) is 16.4. The molecule has 0 saturated carbocycles. The molecular formula is C21H32N4O2. The molecule has 0 bridgehead atoms. The Hall–Kier alpha value is -1.92. The summed E-state index contributed by atoms with van der Waals surface area (Å²) in [6.07, 6.45) is 2.25. The van der Waals surface area contributed by atoms with Crippen LogP contribution < -0.4 is 5.32 Å². The highest BCUT2D eigenvalue weighted by Crippen LogP contribution is 2.16. The second kappa shape index (κ2) is 9.85. The van der Waals surface area contributed by atoms with Gasteiger partial charge in [0.25, 0.3) is 0 Å². The van der Waals surface area contributed by atoms with Gasteiger partial charge >= 0.3 is 0 Å². The zero-order valence-electron chi connectivity index (χ0n) is 16.4. The van der Waals surface area contributed by atoms with Crippen LogP contribution in [0.5, 0.6) is 0 Å². The summed E-state index contributed by atoms with van der Waals surface area (Å²) in [5, 5.41) is 2.98. The molecule has 6 heteroatoms. The van der Waals surface area contributed by atoms with E-state index < -0.39 is 0 Å². The van der Waals surface area contributed by atoms with Crippen molar-refractivity contribution in [1.82, 2.24) is 20.0 Å². The number of rotatable bonds is 6. The maximum Gasteiger partial charge on any atom is 0.236 e. The van der Waals surface area contributed by atoms with Gasteiger partial charge in [0.2, 0.25) is 11.8 Å². The lowest BCUT2D eigenvalue weighted by molar-refractivity contribution is -0.134. The molecule has 0 aliphatic carbocycles. The van der Waals surface area contributed by atoms with Crippen molar-refractivity contribution in [3.8, 4) is 0 Å². The highest BCUT2D eigenvalue weighted by atomic mass is 16.2. The van der Waals surface area contributed by atoms with Gasteiger partial charge in [0, 0.05) is 45.8 Å². The lowest BCUT2D eigenvalue weighted by atomic mass is 9.99. The number of nitrogens with one attached hydrogen (secondary N) is 1. The van der Waals surface area contributed by atoms with Gasteiger partial charge in [-0.15, -0.1) is 0 Å². The largest absolute Gasteiger partial charge is 0.351 e. The molecule has 2 amide bonds. The van der Waals surface area contributed by atoms with E-state index in [0.717, 1.165) is 63.6 Å². The van der Waals surface area contributed by atoms with E-state index in [1.54, 1.807) is 0 Å². The molecule has 1 aromatic carbocycles. The first-order chi connectivity index (χ1) is 13.1. The van der Waals surface area contributed by atoms with Crippen molar-refractivity contribution in [2.75, 3.05) is 52.4 Å². The van der Waals surface area contributed by atoms with Gasteiger partial charge in [-0.25, -0.2) is 0 Å². The minimum Gasteiger partial charge on any atom is -0.351 e. The van der Waals surface area contributed by atoms with Crippen LogP contribution in [0, 0.1) is 5.92 Å². The van der Waals surface area contributed by atoms with E-state index >= 15 is 0 Å². The summed E-state index contributed by atoms with van der Waals surface area (Å²) in [6.45, 7) is 8.96. The van der Waals surface area contributed by atoms with E-state index in [2.05, 4.69) is 22.0 Å². The van der Waals surface area contributed by atoms with Crippen LogP contribution in [0.4, 0.5) is 0 Å². The van der Waals surface area contributed by atoms with Crippen molar-refractivity contribution < 1.29 is 9.59 Å². The fraction of sp³-hybridized carbons (Fsp3) is 0.619. The quantitative estimate of drug-likeness (QED) is 0.815.